The van der Waals surface area contributed by atoms with Gasteiger partial charge < -0.3 is 10.7 Å². The zero-order valence-electron chi connectivity index (χ0n) is 11.6. The van der Waals surface area contributed by atoms with E-state index in [4.69, 9.17) is 5.73 Å². The van der Waals surface area contributed by atoms with Crippen molar-refractivity contribution in [3.63, 3.8) is 0 Å². The van der Waals surface area contributed by atoms with Crippen LogP contribution in [0, 0.1) is 0 Å². The molecule has 0 aliphatic rings. The second-order valence-corrected chi connectivity index (χ2v) is 5.34. The van der Waals surface area contributed by atoms with E-state index in [9.17, 15) is 0 Å². The number of benzene rings is 3. The fourth-order valence-corrected chi connectivity index (χ4v) is 2.91. The molecule has 0 atom stereocenters. The summed E-state index contributed by atoms with van der Waals surface area (Å²) in [6.07, 6.45) is 0. The molecule has 3 aromatic carbocycles. The largest absolute Gasteiger partial charge is 0.355 e. The van der Waals surface area contributed by atoms with Crippen LogP contribution in [0.1, 0.15) is 5.56 Å². The molecule has 4 aromatic rings. The van der Waals surface area contributed by atoms with Gasteiger partial charge in [0.1, 0.15) is 0 Å². The minimum Gasteiger partial charge on any atom is -0.355 e. The Hall–Kier alpha value is -2.58. The lowest BCUT2D eigenvalue weighted by atomic mass is 10.0. The second kappa shape index (κ2) is 4.76. The molecule has 0 spiro atoms. The van der Waals surface area contributed by atoms with Crippen LogP contribution in [0.2, 0.25) is 0 Å². The van der Waals surface area contributed by atoms with Gasteiger partial charge in [-0.1, -0.05) is 48.5 Å². The first-order valence-electron chi connectivity index (χ1n) is 7.15. The van der Waals surface area contributed by atoms with E-state index < -0.39 is 0 Å². The van der Waals surface area contributed by atoms with Crippen LogP contribution in [0.3, 0.4) is 0 Å². The predicted octanol–water partition coefficient (Wildman–Crippen LogP) is 4.45. The van der Waals surface area contributed by atoms with Crippen LogP contribution in [0.25, 0.3) is 32.9 Å². The molecule has 0 amide bonds. The predicted molar refractivity (Wildman–Crippen MR) is 89.1 cm³/mol. The second-order valence-electron chi connectivity index (χ2n) is 5.34. The van der Waals surface area contributed by atoms with E-state index in [0.29, 0.717) is 6.54 Å². The third kappa shape index (κ3) is 2.01. The first-order valence-corrected chi connectivity index (χ1v) is 7.15. The van der Waals surface area contributed by atoms with Gasteiger partial charge in [-0.15, -0.1) is 0 Å². The summed E-state index contributed by atoms with van der Waals surface area (Å²) in [7, 11) is 0. The summed E-state index contributed by atoms with van der Waals surface area (Å²) in [6, 6.07) is 23.4. The van der Waals surface area contributed by atoms with Crippen molar-refractivity contribution in [1.82, 2.24) is 4.98 Å². The van der Waals surface area contributed by atoms with Gasteiger partial charge in [0.2, 0.25) is 0 Å². The smallest absolute Gasteiger partial charge is 0.0471 e. The van der Waals surface area contributed by atoms with E-state index in [1.165, 1.54) is 21.7 Å². The van der Waals surface area contributed by atoms with Gasteiger partial charge in [0.25, 0.3) is 0 Å². The normalized spacial score (nSPS) is 11.3. The maximum Gasteiger partial charge on any atom is 0.0471 e. The Morgan fingerprint density at radius 2 is 1.67 bits per heavy atom. The van der Waals surface area contributed by atoms with Crippen molar-refractivity contribution >= 4 is 21.7 Å². The van der Waals surface area contributed by atoms with Crippen LogP contribution in [-0.4, -0.2) is 4.98 Å². The summed E-state index contributed by atoms with van der Waals surface area (Å²) < 4.78 is 0. The molecule has 102 valence electrons. The number of rotatable bonds is 2. The lowest BCUT2D eigenvalue weighted by Gasteiger charge is -2.04. The highest BCUT2D eigenvalue weighted by molar-refractivity contribution is 5.98. The van der Waals surface area contributed by atoms with Gasteiger partial charge in [-0.3, -0.25) is 0 Å². The van der Waals surface area contributed by atoms with Crippen molar-refractivity contribution in [2.75, 3.05) is 0 Å². The third-order valence-corrected chi connectivity index (χ3v) is 4.00. The zero-order chi connectivity index (χ0) is 14.2. The number of hydrogen-bond acceptors (Lipinski definition) is 1. The van der Waals surface area contributed by atoms with Gasteiger partial charge in [0.15, 0.2) is 0 Å². The summed E-state index contributed by atoms with van der Waals surface area (Å²) in [5, 5.41) is 3.74. The number of H-pyrrole nitrogens is 1. The minimum atomic E-state index is 0.574. The molecule has 21 heavy (non-hydrogen) atoms. The summed E-state index contributed by atoms with van der Waals surface area (Å²) in [4.78, 5) is 3.51. The zero-order valence-corrected chi connectivity index (χ0v) is 11.6. The molecule has 0 unspecified atom stereocenters. The van der Waals surface area contributed by atoms with E-state index >= 15 is 0 Å². The van der Waals surface area contributed by atoms with Crippen molar-refractivity contribution in [2.45, 2.75) is 6.54 Å². The SMILES string of the molecule is NCc1ccc2[nH]c(-c3cccc4ccccc34)cc2c1. The number of fused-ring (bicyclic) bond motifs is 2. The van der Waals surface area contributed by atoms with E-state index in [1.54, 1.807) is 0 Å². The maximum atomic E-state index is 5.72. The van der Waals surface area contributed by atoms with Crippen molar-refractivity contribution in [3.05, 3.63) is 72.3 Å². The molecule has 3 N–H and O–H groups in total. The van der Waals surface area contributed by atoms with Crippen molar-refractivity contribution in [3.8, 4) is 11.3 Å². The van der Waals surface area contributed by atoms with Crippen LogP contribution in [0.4, 0.5) is 0 Å². The number of aromatic amines is 1. The first kappa shape index (κ1) is 12.2. The summed E-state index contributed by atoms with van der Waals surface area (Å²) in [5.74, 6) is 0. The highest BCUT2D eigenvalue weighted by atomic mass is 14.7. The summed E-state index contributed by atoms with van der Waals surface area (Å²) in [5.41, 5.74) is 10.4. The minimum absolute atomic E-state index is 0.574. The molecule has 2 nitrogen and oxygen atoms in total. The van der Waals surface area contributed by atoms with Crippen LogP contribution in [0.5, 0.6) is 0 Å². The number of hydrogen-bond donors (Lipinski definition) is 2. The molecule has 0 radical (unpaired) electrons. The fraction of sp³-hybridized carbons (Fsp3) is 0.0526. The molecule has 0 saturated heterocycles. The molecule has 1 heterocycles. The quantitative estimate of drug-likeness (QED) is 0.556. The number of aromatic nitrogens is 1. The Labute approximate surface area is 123 Å². The van der Waals surface area contributed by atoms with Crippen LogP contribution < -0.4 is 5.73 Å². The Bertz CT molecular complexity index is 929. The average molecular weight is 272 g/mol. The molecular formula is C19H16N2. The summed E-state index contributed by atoms with van der Waals surface area (Å²) in [6.45, 7) is 0.574. The third-order valence-electron chi connectivity index (χ3n) is 4.00. The molecule has 0 aliphatic carbocycles. The van der Waals surface area contributed by atoms with E-state index in [0.717, 1.165) is 16.8 Å². The number of nitrogens with one attached hydrogen (secondary N) is 1. The average Bonchev–Trinajstić information content (AvgIpc) is 2.97. The first-order chi connectivity index (χ1) is 10.3. The Morgan fingerprint density at radius 3 is 2.57 bits per heavy atom. The molecule has 0 bridgehead atoms. The lowest BCUT2D eigenvalue weighted by Crippen LogP contribution is -1.94. The van der Waals surface area contributed by atoms with E-state index in [-0.39, 0.29) is 0 Å². The molecule has 2 heteroatoms. The molecule has 0 fully saturated rings. The number of nitrogens with two attached hydrogens (primary N) is 1. The monoisotopic (exact) mass is 272 g/mol. The lowest BCUT2D eigenvalue weighted by molar-refractivity contribution is 1.08. The van der Waals surface area contributed by atoms with Gasteiger partial charge in [0.05, 0.1) is 0 Å². The van der Waals surface area contributed by atoms with Gasteiger partial charge >= 0.3 is 0 Å². The van der Waals surface area contributed by atoms with Crippen molar-refractivity contribution in [1.29, 1.82) is 0 Å². The van der Waals surface area contributed by atoms with Gasteiger partial charge in [0, 0.05) is 28.7 Å². The van der Waals surface area contributed by atoms with Gasteiger partial charge in [-0.25, -0.2) is 0 Å². The van der Waals surface area contributed by atoms with Crippen molar-refractivity contribution in [2.24, 2.45) is 5.73 Å². The van der Waals surface area contributed by atoms with E-state index in [2.05, 4.69) is 71.7 Å². The van der Waals surface area contributed by atoms with E-state index in [1.807, 2.05) is 0 Å². The Kier molecular flexibility index (Phi) is 2.76. The molecule has 1 aromatic heterocycles. The Morgan fingerprint density at radius 1 is 0.810 bits per heavy atom. The molecular weight excluding hydrogens is 256 g/mol. The van der Waals surface area contributed by atoms with Gasteiger partial charge in [-0.2, -0.15) is 0 Å². The van der Waals surface area contributed by atoms with Gasteiger partial charge in [-0.05, 0) is 34.5 Å². The maximum absolute atomic E-state index is 5.72. The summed E-state index contributed by atoms with van der Waals surface area (Å²) >= 11 is 0. The highest BCUT2D eigenvalue weighted by Gasteiger charge is 2.07. The van der Waals surface area contributed by atoms with Crippen LogP contribution in [0.15, 0.2) is 66.7 Å². The molecule has 4 rings (SSSR count). The van der Waals surface area contributed by atoms with Crippen molar-refractivity contribution < 1.29 is 0 Å². The highest BCUT2D eigenvalue weighted by Crippen LogP contribution is 2.30. The Balaban J connectivity index is 1.96. The van der Waals surface area contributed by atoms with Crippen LogP contribution in [-0.2, 0) is 6.54 Å². The standard InChI is InChI=1S/C19H16N2/c20-12-13-8-9-18-15(10-13)11-19(21-18)17-7-3-5-14-4-1-2-6-16(14)17/h1-11,21H,12,20H2. The fourth-order valence-electron chi connectivity index (χ4n) is 2.91. The molecule has 0 aliphatic heterocycles. The molecule has 0 saturated carbocycles. The van der Waals surface area contributed by atoms with Crippen LogP contribution >= 0.6 is 0 Å². The topological polar surface area (TPSA) is 41.8 Å².